The molecule has 0 spiro atoms. The van der Waals surface area contributed by atoms with E-state index in [1.165, 1.54) is 22.4 Å². The first kappa shape index (κ1) is 13.8. The SMILES string of the molecule is CCCn1nccc1C(NC)c1ccc(C)c(C)c1. The van der Waals surface area contributed by atoms with Crippen molar-refractivity contribution in [2.75, 3.05) is 7.05 Å². The second kappa shape index (κ2) is 6.02. The first-order chi connectivity index (χ1) is 9.17. The lowest BCUT2D eigenvalue weighted by Gasteiger charge is -2.19. The number of nitrogens with one attached hydrogen (secondary N) is 1. The van der Waals surface area contributed by atoms with Crippen molar-refractivity contribution in [2.24, 2.45) is 0 Å². The van der Waals surface area contributed by atoms with Gasteiger partial charge in [0.1, 0.15) is 0 Å². The van der Waals surface area contributed by atoms with Gasteiger partial charge < -0.3 is 5.32 Å². The minimum atomic E-state index is 0.202. The van der Waals surface area contributed by atoms with E-state index in [0.717, 1.165) is 13.0 Å². The summed E-state index contributed by atoms with van der Waals surface area (Å²) in [6, 6.07) is 8.96. The van der Waals surface area contributed by atoms with Crippen molar-refractivity contribution in [3.8, 4) is 0 Å². The zero-order valence-electron chi connectivity index (χ0n) is 12.3. The first-order valence-electron chi connectivity index (χ1n) is 6.93. The molecule has 1 atom stereocenters. The van der Waals surface area contributed by atoms with Crippen LogP contribution < -0.4 is 5.32 Å². The molecule has 1 aromatic heterocycles. The van der Waals surface area contributed by atoms with Crippen molar-refractivity contribution in [3.05, 3.63) is 52.8 Å². The second-order valence-electron chi connectivity index (χ2n) is 5.04. The Kier molecular flexibility index (Phi) is 4.38. The molecular formula is C16H23N3. The van der Waals surface area contributed by atoms with Gasteiger partial charge in [-0.05, 0) is 50.1 Å². The van der Waals surface area contributed by atoms with Gasteiger partial charge in [-0.2, -0.15) is 5.10 Å². The Morgan fingerprint density at radius 1 is 1.21 bits per heavy atom. The van der Waals surface area contributed by atoms with Gasteiger partial charge in [0.05, 0.1) is 11.7 Å². The van der Waals surface area contributed by atoms with Crippen molar-refractivity contribution in [3.63, 3.8) is 0 Å². The maximum Gasteiger partial charge on any atom is 0.0745 e. The van der Waals surface area contributed by atoms with Crippen molar-refractivity contribution in [1.82, 2.24) is 15.1 Å². The van der Waals surface area contributed by atoms with Crippen LogP contribution in [0.2, 0.25) is 0 Å². The van der Waals surface area contributed by atoms with Gasteiger partial charge in [-0.3, -0.25) is 4.68 Å². The molecular weight excluding hydrogens is 234 g/mol. The molecule has 1 heterocycles. The zero-order chi connectivity index (χ0) is 13.8. The van der Waals surface area contributed by atoms with Crippen LogP contribution in [-0.2, 0) is 6.54 Å². The standard InChI is InChI=1S/C16H23N3/c1-5-10-19-15(8-9-18-19)16(17-4)14-7-6-12(2)13(3)11-14/h6-9,11,16-17H,5,10H2,1-4H3. The highest BCUT2D eigenvalue weighted by molar-refractivity contribution is 5.35. The highest BCUT2D eigenvalue weighted by Crippen LogP contribution is 2.23. The van der Waals surface area contributed by atoms with Crippen LogP contribution in [0, 0.1) is 13.8 Å². The molecule has 0 amide bonds. The molecule has 0 aliphatic heterocycles. The first-order valence-corrected chi connectivity index (χ1v) is 6.93. The molecule has 0 bridgehead atoms. The van der Waals surface area contributed by atoms with E-state index in [2.05, 4.69) is 60.1 Å². The fraction of sp³-hybridized carbons (Fsp3) is 0.438. The van der Waals surface area contributed by atoms with E-state index < -0.39 is 0 Å². The van der Waals surface area contributed by atoms with Crippen molar-refractivity contribution < 1.29 is 0 Å². The predicted octanol–water partition coefficient (Wildman–Crippen LogP) is 3.22. The molecule has 3 nitrogen and oxygen atoms in total. The normalized spacial score (nSPS) is 12.6. The number of hydrogen-bond acceptors (Lipinski definition) is 2. The lowest BCUT2D eigenvalue weighted by Crippen LogP contribution is -2.21. The Bertz CT molecular complexity index is 543. The maximum absolute atomic E-state index is 4.42. The summed E-state index contributed by atoms with van der Waals surface area (Å²) in [5.41, 5.74) is 5.19. The van der Waals surface area contributed by atoms with E-state index >= 15 is 0 Å². The number of aromatic nitrogens is 2. The molecule has 3 heteroatoms. The van der Waals surface area contributed by atoms with Crippen LogP contribution in [0.1, 0.15) is 41.8 Å². The summed E-state index contributed by atoms with van der Waals surface area (Å²) in [7, 11) is 2.00. The minimum absolute atomic E-state index is 0.202. The number of benzene rings is 1. The number of nitrogens with zero attached hydrogens (tertiary/aromatic N) is 2. The van der Waals surface area contributed by atoms with Gasteiger partial charge >= 0.3 is 0 Å². The quantitative estimate of drug-likeness (QED) is 0.891. The Hall–Kier alpha value is -1.61. The van der Waals surface area contributed by atoms with Gasteiger partial charge in [0.2, 0.25) is 0 Å². The summed E-state index contributed by atoms with van der Waals surface area (Å²) < 4.78 is 2.09. The second-order valence-corrected chi connectivity index (χ2v) is 5.04. The van der Waals surface area contributed by atoms with E-state index in [-0.39, 0.29) is 6.04 Å². The van der Waals surface area contributed by atoms with Gasteiger partial charge in [0.25, 0.3) is 0 Å². The third-order valence-electron chi connectivity index (χ3n) is 3.63. The largest absolute Gasteiger partial charge is 0.308 e. The molecule has 19 heavy (non-hydrogen) atoms. The Balaban J connectivity index is 2.38. The molecule has 1 N–H and O–H groups in total. The van der Waals surface area contributed by atoms with Crippen LogP contribution in [-0.4, -0.2) is 16.8 Å². The Labute approximate surface area is 115 Å². The van der Waals surface area contributed by atoms with Gasteiger partial charge in [0.15, 0.2) is 0 Å². The monoisotopic (exact) mass is 257 g/mol. The molecule has 2 aromatic rings. The van der Waals surface area contributed by atoms with E-state index in [4.69, 9.17) is 0 Å². The van der Waals surface area contributed by atoms with Gasteiger partial charge in [-0.1, -0.05) is 25.1 Å². The molecule has 0 radical (unpaired) electrons. The number of rotatable bonds is 5. The van der Waals surface area contributed by atoms with Crippen molar-refractivity contribution in [1.29, 1.82) is 0 Å². The highest BCUT2D eigenvalue weighted by atomic mass is 15.3. The highest BCUT2D eigenvalue weighted by Gasteiger charge is 2.16. The van der Waals surface area contributed by atoms with Crippen LogP contribution >= 0.6 is 0 Å². The Morgan fingerprint density at radius 2 is 2.00 bits per heavy atom. The van der Waals surface area contributed by atoms with E-state index in [1.54, 1.807) is 0 Å². The number of hydrogen-bond donors (Lipinski definition) is 1. The zero-order valence-corrected chi connectivity index (χ0v) is 12.3. The molecule has 0 aliphatic carbocycles. The lowest BCUT2D eigenvalue weighted by atomic mass is 9.99. The topological polar surface area (TPSA) is 29.9 Å². The molecule has 2 rings (SSSR count). The van der Waals surface area contributed by atoms with Crippen LogP contribution in [0.3, 0.4) is 0 Å². The summed E-state index contributed by atoms with van der Waals surface area (Å²) in [6.07, 6.45) is 2.98. The van der Waals surface area contributed by atoms with Gasteiger partial charge in [-0.25, -0.2) is 0 Å². The summed E-state index contributed by atoms with van der Waals surface area (Å²) in [4.78, 5) is 0. The molecule has 0 saturated carbocycles. The smallest absolute Gasteiger partial charge is 0.0745 e. The van der Waals surface area contributed by atoms with E-state index in [9.17, 15) is 0 Å². The van der Waals surface area contributed by atoms with Crippen LogP contribution in [0.4, 0.5) is 0 Å². The van der Waals surface area contributed by atoms with E-state index in [1.807, 2.05) is 13.2 Å². The molecule has 0 fully saturated rings. The average Bonchev–Trinajstić information content (AvgIpc) is 2.83. The number of aryl methyl sites for hydroxylation is 3. The van der Waals surface area contributed by atoms with Crippen LogP contribution in [0.15, 0.2) is 30.5 Å². The van der Waals surface area contributed by atoms with Crippen molar-refractivity contribution in [2.45, 2.75) is 39.8 Å². The van der Waals surface area contributed by atoms with Gasteiger partial charge in [-0.15, -0.1) is 0 Å². The lowest BCUT2D eigenvalue weighted by molar-refractivity contribution is 0.534. The third kappa shape index (κ3) is 2.87. The summed E-state index contributed by atoms with van der Waals surface area (Å²) in [5.74, 6) is 0. The van der Waals surface area contributed by atoms with Crippen LogP contribution in [0.25, 0.3) is 0 Å². The minimum Gasteiger partial charge on any atom is -0.308 e. The van der Waals surface area contributed by atoms with E-state index in [0.29, 0.717) is 0 Å². The molecule has 1 aromatic carbocycles. The maximum atomic E-state index is 4.42. The Morgan fingerprint density at radius 3 is 2.63 bits per heavy atom. The average molecular weight is 257 g/mol. The fourth-order valence-electron chi connectivity index (χ4n) is 2.42. The summed E-state index contributed by atoms with van der Waals surface area (Å²) in [6.45, 7) is 7.45. The predicted molar refractivity (Wildman–Crippen MR) is 79.3 cm³/mol. The fourth-order valence-corrected chi connectivity index (χ4v) is 2.42. The molecule has 102 valence electrons. The third-order valence-corrected chi connectivity index (χ3v) is 3.63. The van der Waals surface area contributed by atoms with Crippen LogP contribution in [0.5, 0.6) is 0 Å². The molecule has 1 unspecified atom stereocenters. The van der Waals surface area contributed by atoms with Gasteiger partial charge in [0, 0.05) is 12.7 Å². The van der Waals surface area contributed by atoms with Crippen molar-refractivity contribution >= 4 is 0 Å². The summed E-state index contributed by atoms with van der Waals surface area (Å²) in [5, 5.41) is 7.82. The molecule has 0 saturated heterocycles. The summed E-state index contributed by atoms with van der Waals surface area (Å²) >= 11 is 0. The molecule has 0 aliphatic rings.